The fourth-order valence-electron chi connectivity index (χ4n) is 1.36. The summed E-state index contributed by atoms with van der Waals surface area (Å²) in [6.07, 6.45) is -1.70. The van der Waals surface area contributed by atoms with Gasteiger partial charge >= 0.3 is 6.18 Å². The highest BCUT2D eigenvalue weighted by atomic mass is 32.2. The zero-order valence-electron chi connectivity index (χ0n) is 9.31. The summed E-state index contributed by atoms with van der Waals surface area (Å²) in [7, 11) is -1.79. The lowest BCUT2D eigenvalue weighted by atomic mass is 10.1. The second-order valence-corrected chi connectivity index (χ2v) is 4.64. The van der Waals surface area contributed by atoms with Crippen LogP contribution in [0.3, 0.4) is 0 Å². The largest absolute Gasteiger partial charge is 0.788 e. The van der Waals surface area contributed by atoms with Gasteiger partial charge in [0.15, 0.2) is 0 Å². The fourth-order valence-corrected chi connectivity index (χ4v) is 2.23. The maximum Gasteiger partial charge on any atom is 0.433 e. The molecule has 0 amide bonds. The zero-order valence-corrected chi connectivity index (χ0v) is 10.1. The predicted molar refractivity (Wildman–Crippen MR) is 58.5 cm³/mol. The van der Waals surface area contributed by atoms with Crippen LogP contribution in [0.1, 0.15) is 29.9 Å². The van der Waals surface area contributed by atoms with Gasteiger partial charge in [-0.25, -0.2) is 0 Å². The first-order valence-corrected chi connectivity index (χ1v) is 6.10. The Hall–Kier alpha value is -1.46. The van der Waals surface area contributed by atoms with Crippen LogP contribution in [-0.4, -0.2) is 9.54 Å². The van der Waals surface area contributed by atoms with Crippen LogP contribution in [-0.2, 0) is 17.1 Å². The average molecular weight is 276 g/mol. The van der Waals surface area contributed by atoms with E-state index < -0.39 is 28.1 Å². The molecular weight excluding hydrogens is 267 g/mol. The third kappa shape index (κ3) is 3.51. The minimum Gasteiger partial charge on any atom is -0.788 e. The Kier molecular flexibility index (Phi) is 4.81. The van der Waals surface area contributed by atoms with Crippen molar-refractivity contribution in [3.8, 4) is 6.19 Å². The summed E-state index contributed by atoms with van der Waals surface area (Å²) in [4.78, 5) is 3.28. The lowest BCUT2D eigenvalue weighted by molar-refractivity contribution is -0.141. The monoisotopic (exact) mass is 276 g/mol. The van der Waals surface area contributed by atoms with Crippen LogP contribution in [0.4, 0.5) is 13.2 Å². The van der Waals surface area contributed by atoms with Gasteiger partial charge in [-0.05, 0) is 18.1 Å². The van der Waals surface area contributed by atoms with Crippen LogP contribution in [0.2, 0.25) is 0 Å². The van der Waals surface area contributed by atoms with Crippen molar-refractivity contribution in [1.82, 2.24) is 4.98 Å². The van der Waals surface area contributed by atoms with Crippen LogP contribution >= 0.6 is 0 Å². The molecule has 0 saturated carbocycles. The molecule has 0 aliphatic rings. The van der Waals surface area contributed by atoms with E-state index in [1.54, 1.807) is 6.92 Å². The second kappa shape index (κ2) is 5.93. The second-order valence-electron chi connectivity index (χ2n) is 3.34. The Morgan fingerprint density at radius 1 is 1.56 bits per heavy atom. The SMILES string of the molecule is CC[C@H](c1ccc(C(F)(F)F)nc1)[S@]([O-])=NC#N. The quantitative estimate of drug-likeness (QED) is 0.797. The average Bonchev–Trinajstić information content (AvgIpc) is 2.30. The van der Waals surface area contributed by atoms with E-state index in [9.17, 15) is 17.7 Å². The number of alkyl halides is 3. The number of hydrogen-bond acceptors (Lipinski definition) is 4. The van der Waals surface area contributed by atoms with Crippen molar-refractivity contribution < 1.29 is 17.7 Å². The summed E-state index contributed by atoms with van der Waals surface area (Å²) < 4.78 is 51.6. The van der Waals surface area contributed by atoms with Gasteiger partial charge in [0.2, 0.25) is 6.19 Å². The molecule has 0 aliphatic heterocycles. The molecule has 0 fully saturated rings. The van der Waals surface area contributed by atoms with Crippen LogP contribution in [0, 0.1) is 11.5 Å². The molecule has 1 aromatic rings. The molecule has 8 heteroatoms. The molecule has 98 valence electrons. The van der Waals surface area contributed by atoms with Gasteiger partial charge in [0, 0.05) is 11.4 Å². The van der Waals surface area contributed by atoms with E-state index in [1.807, 2.05) is 0 Å². The minimum atomic E-state index is -4.50. The molecule has 4 nitrogen and oxygen atoms in total. The van der Waals surface area contributed by atoms with Gasteiger partial charge in [-0.1, -0.05) is 13.0 Å². The molecule has 0 unspecified atom stereocenters. The molecule has 2 atom stereocenters. The number of halogens is 3. The van der Waals surface area contributed by atoms with E-state index >= 15 is 0 Å². The first-order chi connectivity index (χ1) is 8.40. The Morgan fingerprint density at radius 3 is 2.61 bits per heavy atom. The Morgan fingerprint density at radius 2 is 2.22 bits per heavy atom. The maximum absolute atomic E-state index is 12.3. The van der Waals surface area contributed by atoms with Crippen LogP contribution < -0.4 is 0 Å². The molecular formula is C10H9F3N3OS-. The number of nitriles is 1. The molecule has 1 heterocycles. The number of rotatable bonds is 3. The molecule has 18 heavy (non-hydrogen) atoms. The van der Waals surface area contributed by atoms with Crippen molar-refractivity contribution in [3.63, 3.8) is 0 Å². The van der Waals surface area contributed by atoms with E-state index in [1.165, 1.54) is 12.3 Å². The third-order valence-corrected chi connectivity index (χ3v) is 3.55. The van der Waals surface area contributed by atoms with Crippen molar-refractivity contribution >= 4 is 11.0 Å². The van der Waals surface area contributed by atoms with Crippen LogP contribution in [0.15, 0.2) is 22.7 Å². The number of nitrogens with zero attached hydrogens (tertiary/aromatic N) is 3. The van der Waals surface area contributed by atoms with E-state index in [4.69, 9.17) is 5.26 Å². The lowest BCUT2D eigenvalue weighted by Crippen LogP contribution is -2.10. The number of pyridine rings is 1. The first kappa shape index (κ1) is 14.6. The van der Waals surface area contributed by atoms with Crippen molar-refractivity contribution in [2.45, 2.75) is 24.8 Å². The standard InChI is InChI=1S/C10H9F3N3OS/c1-2-8(18(17)16-6-14)7-3-4-9(15-5-7)10(11,12)13/h3-5,8H,2H2,1H3/q-1/t8-,18+/m1/s1. The normalized spacial score (nSPS) is 15.1. The summed E-state index contributed by atoms with van der Waals surface area (Å²) in [5.74, 6) is 0. The lowest BCUT2D eigenvalue weighted by Gasteiger charge is -2.22. The zero-order chi connectivity index (χ0) is 13.8. The minimum absolute atomic E-state index is 0.364. The molecule has 0 spiro atoms. The van der Waals surface area contributed by atoms with Crippen molar-refractivity contribution in [2.75, 3.05) is 0 Å². The summed E-state index contributed by atoms with van der Waals surface area (Å²) >= 11 is 0. The van der Waals surface area contributed by atoms with Gasteiger partial charge in [-0.15, -0.1) is 0 Å². The van der Waals surface area contributed by atoms with Crippen molar-refractivity contribution in [3.05, 3.63) is 29.6 Å². The topological polar surface area (TPSA) is 72.1 Å². The predicted octanol–water partition coefficient (Wildman–Crippen LogP) is 2.96. The van der Waals surface area contributed by atoms with Gasteiger partial charge in [0.25, 0.3) is 0 Å². The van der Waals surface area contributed by atoms with Crippen molar-refractivity contribution in [2.24, 2.45) is 4.36 Å². The van der Waals surface area contributed by atoms with Gasteiger partial charge in [0.05, 0.1) is 0 Å². The van der Waals surface area contributed by atoms with Gasteiger partial charge in [0.1, 0.15) is 5.69 Å². The molecule has 0 saturated heterocycles. The molecule has 0 aromatic carbocycles. The van der Waals surface area contributed by atoms with Gasteiger partial charge in [-0.3, -0.25) is 4.98 Å². The Balaban J connectivity index is 3.04. The fraction of sp³-hybridized carbons (Fsp3) is 0.400. The molecule has 0 radical (unpaired) electrons. The van der Waals surface area contributed by atoms with Crippen molar-refractivity contribution in [1.29, 1.82) is 5.26 Å². The van der Waals surface area contributed by atoms with Crippen LogP contribution in [0.5, 0.6) is 0 Å². The molecule has 0 aliphatic carbocycles. The highest BCUT2D eigenvalue weighted by Crippen LogP contribution is 2.29. The van der Waals surface area contributed by atoms with Gasteiger partial charge in [-0.2, -0.15) is 33.8 Å². The maximum atomic E-state index is 12.3. The van der Waals surface area contributed by atoms with E-state index in [0.29, 0.717) is 12.0 Å². The Labute approximate surface area is 104 Å². The summed E-state index contributed by atoms with van der Waals surface area (Å²) in [5, 5.41) is 7.68. The van der Waals surface area contributed by atoms with E-state index in [-0.39, 0.29) is 0 Å². The highest BCUT2D eigenvalue weighted by molar-refractivity contribution is 7.81. The summed E-state index contributed by atoms with van der Waals surface area (Å²) in [5.41, 5.74) is -0.646. The van der Waals surface area contributed by atoms with Gasteiger partial charge < -0.3 is 4.55 Å². The van der Waals surface area contributed by atoms with Crippen LogP contribution in [0.25, 0.3) is 0 Å². The summed E-state index contributed by atoms with van der Waals surface area (Å²) in [6.45, 7) is 1.70. The number of hydrogen-bond donors (Lipinski definition) is 0. The molecule has 1 aromatic heterocycles. The summed E-state index contributed by atoms with van der Waals surface area (Å²) in [6, 6.07) is 2.02. The smallest absolute Gasteiger partial charge is 0.433 e. The molecule has 0 N–H and O–H groups in total. The molecule has 1 rings (SSSR count). The third-order valence-electron chi connectivity index (χ3n) is 2.19. The highest BCUT2D eigenvalue weighted by Gasteiger charge is 2.32. The Bertz CT molecular complexity index is 479. The van der Waals surface area contributed by atoms with E-state index in [0.717, 1.165) is 12.3 Å². The first-order valence-electron chi connectivity index (χ1n) is 4.93. The number of aromatic nitrogens is 1. The van der Waals surface area contributed by atoms with E-state index in [2.05, 4.69) is 9.35 Å². The molecule has 0 bridgehead atoms.